The van der Waals surface area contributed by atoms with Gasteiger partial charge in [-0.2, -0.15) is 22.5 Å². The Balaban J connectivity index is 1.46. The zero-order valence-corrected chi connectivity index (χ0v) is 19.3. The van der Waals surface area contributed by atoms with Gasteiger partial charge in [0, 0.05) is 31.0 Å². The maximum atomic E-state index is 13.2. The zero-order chi connectivity index (χ0) is 23.4. The summed E-state index contributed by atoms with van der Waals surface area (Å²) >= 11 is 1.02. The lowest BCUT2D eigenvalue weighted by Crippen LogP contribution is -2.28. The van der Waals surface area contributed by atoms with Crippen molar-refractivity contribution in [2.75, 3.05) is 13.1 Å². The predicted molar refractivity (Wildman–Crippen MR) is 124 cm³/mol. The Labute approximate surface area is 195 Å². The Morgan fingerprint density at radius 2 is 1.85 bits per heavy atom. The molecule has 1 aliphatic rings. The molecule has 0 spiro atoms. The van der Waals surface area contributed by atoms with Crippen LogP contribution in [0.2, 0.25) is 0 Å². The van der Waals surface area contributed by atoms with Gasteiger partial charge >= 0.3 is 6.18 Å². The number of alkyl halides is 3. The second kappa shape index (κ2) is 9.91. The molecule has 0 aliphatic carbocycles. The number of ether oxygens (including phenoxy) is 1. The topological polar surface area (TPSA) is 50.6 Å². The van der Waals surface area contributed by atoms with Gasteiger partial charge < -0.3 is 9.64 Å². The van der Waals surface area contributed by atoms with Crippen molar-refractivity contribution < 1.29 is 17.9 Å². The Hall–Kier alpha value is -2.94. The van der Waals surface area contributed by atoms with Crippen LogP contribution in [0.5, 0.6) is 10.9 Å². The lowest BCUT2D eigenvalue weighted by atomic mass is 10.0. The number of aromatic nitrogens is 2. The van der Waals surface area contributed by atoms with Gasteiger partial charge in [0.2, 0.25) is 0 Å². The van der Waals surface area contributed by atoms with E-state index in [0.717, 1.165) is 47.5 Å². The van der Waals surface area contributed by atoms with E-state index in [-0.39, 0.29) is 12.0 Å². The van der Waals surface area contributed by atoms with E-state index in [2.05, 4.69) is 19.2 Å². The molecule has 9 heteroatoms. The highest BCUT2D eigenvalue weighted by molar-refractivity contribution is 7.07. The average Bonchev–Trinajstić information content (AvgIpc) is 3.22. The fraction of sp³-hybridized carbons (Fsp3) is 0.375. The van der Waals surface area contributed by atoms with Crippen molar-refractivity contribution in [2.45, 2.75) is 45.7 Å². The van der Waals surface area contributed by atoms with Crippen LogP contribution in [0.1, 0.15) is 47.3 Å². The molecule has 4 rings (SSSR count). The first-order valence-corrected chi connectivity index (χ1v) is 11.6. The average molecular weight is 475 g/mol. The number of aliphatic imine (C=N–C) groups is 1. The number of nitrogens with zero attached hydrogens (tertiary/aromatic N) is 4. The Morgan fingerprint density at radius 1 is 1.09 bits per heavy atom. The first kappa shape index (κ1) is 23.2. The number of halogens is 3. The molecule has 0 radical (unpaired) electrons. The van der Waals surface area contributed by atoms with Crippen LogP contribution in [-0.2, 0) is 12.6 Å². The Kier molecular flexibility index (Phi) is 6.97. The van der Waals surface area contributed by atoms with Gasteiger partial charge in [-0.25, -0.2) is 4.99 Å². The monoisotopic (exact) mass is 474 g/mol. The molecule has 1 saturated heterocycles. The highest BCUT2D eigenvalue weighted by atomic mass is 32.1. The number of hydrogen-bond acceptors (Lipinski definition) is 5. The van der Waals surface area contributed by atoms with Crippen LogP contribution in [0, 0.1) is 13.8 Å². The summed E-state index contributed by atoms with van der Waals surface area (Å²) in [4.78, 5) is 11.2. The van der Waals surface area contributed by atoms with Crippen molar-refractivity contribution in [3.63, 3.8) is 0 Å². The van der Waals surface area contributed by atoms with Gasteiger partial charge in [0.25, 0.3) is 5.19 Å². The molecule has 1 aliphatic heterocycles. The molecule has 1 aromatic heterocycles. The van der Waals surface area contributed by atoms with Gasteiger partial charge in [0.05, 0.1) is 17.6 Å². The molecule has 0 unspecified atom stereocenters. The number of rotatable bonds is 6. The van der Waals surface area contributed by atoms with Gasteiger partial charge in [-0.05, 0) is 68.0 Å². The highest BCUT2D eigenvalue weighted by Crippen LogP contribution is 2.34. The molecule has 2 heterocycles. The normalized spacial score (nSPS) is 14.8. The smallest absolute Gasteiger partial charge is 0.416 e. The van der Waals surface area contributed by atoms with Crippen LogP contribution < -0.4 is 4.74 Å². The van der Waals surface area contributed by atoms with Crippen LogP contribution in [0.3, 0.4) is 0 Å². The molecule has 174 valence electrons. The Morgan fingerprint density at radius 3 is 2.61 bits per heavy atom. The van der Waals surface area contributed by atoms with E-state index in [4.69, 9.17) is 4.74 Å². The molecule has 0 atom stereocenters. The minimum absolute atomic E-state index is 0.0162. The van der Waals surface area contributed by atoms with Gasteiger partial charge in [0.1, 0.15) is 5.75 Å². The first-order chi connectivity index (χ1) is 15.8. The van der Waals surface area contributed by atoms with E-state index >= 15 is 0 Å². The van der Waals surface area contributed by atoms with E-state index in [0.29, 0.717) is 16.8 Å². The summed E-state index contributed by atoms with van der Waals surface area (Å²) in [5, 5.41) is 0.293. The molecule has 0 saturated carbocycles. The van der Waals surface area contributed by atoms with Crippen LogP contribution in [0.25, 0.3) is 0 Å². The molecule has 0 N–H and O–H groups in total. The molecular weight excluding hydrogens is 449 g/mol. The molecule has 33 heavy (non-hydrogen) atoms. The third-order valence-electron chi connectivity index (χ3n) is 5.56. The summed E-state index contributed by atoms with van der Waals surface area (Å²) in [5.74, 6) is 0.923. The molecule has 0 bridgehead atoms. The van der Waals surface area contributed by atoms with Crippen molar-refractivity contribution in [2.24, 2.45) is 4.99 Å². The first-order valence-electron chi connectivity index (χ1n) is 10.8. The van der Waals surface area contributed by atoms with Gasteiger partial charge in [-0.3, -0.25) is 0 Å². The zero-order valence-electron chi connectivity index (χ0n) is 18.5. The van der Waals surface area contributed by atoms with Crippen LogP contribution in [0.15, 0.2) is 41.4 Å². The fourth-order valence-corrected chi connectivity index (χ4v) is 4.33. The summed E-state index contributed by atoms with van der Waals surface area (Å²) in [7, 11) is 0. The van der Waals surface area contributed by atoms with Crippen LogP contribution in [0.4, 0.5) is 18.9 Å². The van der Waals surface area contributed by atoms with E-state index in [1.165, 1.54) is 31.4 Å². The number of benzene rings is 2. The summed E-state index contributed by atoms with van der Waals surface area (Å²) < 4.78 is 49.8. The third-order valence-corrected chi connectivity index (χ3v) is 6.20. The molecule has 0 amide bonds. The largest absolute Gasteiger partial charge is 0.430 e. The van der Waals surface area contributed by atoms with E-state index in [9.17, 15) is 13.2 Å². The van der Waals surface area contributed by atoms with Crippen molar-refractivity contribution in [3.8, 4) is 10.9 Å². The third kappa shape index (κ3) is 5.90. The summed E-state index contributed by atoms with van der Waals surface area (Å²) in [6, 6.07) is 9.34. The van der Waals surface area contributed by atoms with Gasteiger partial charge in [0.15, 0.2) is 5.82 Å². The predicted octanol–water partition coefficient (Wildman–Crippen LogP) is 6.70. The fourth-order valence-electron chi connectivity index (χ4n) is 3.77. The number of likely N-dealkylation sites (tertiary alicyclic amines) is 1. The van der Waals surface area contributed by atoms with Crippen molar-refractivity contribution >= 4 is 23.6 Å². The number of aryl methyl sites for hydroxylation is 2. The van der Waals surface area contributed by atoms with Gasteiger partial charge in [-0.15, -0.1) is 0 Å². The summed E-state index contributed by atoms with van der Waals surface area (Å²) in [5.41, 5.74) is 2.21. The summed E-state index contributed by atoms with van der Waals surface area (Å²) in [6.07, 6.45) is 1.15. The quantitative estimate of drug-likeness (QED) is 0.295. The van der Waals surface area contributed by atoms with Crippen molar-refractivity contribution in [3.05, 3.63) is 64.5 Å². The molecule has 2 aromatic carbocycles. The van der Waals surface area contributed by atoms with E-state index in [1.807, 2.05) is 32.3 Å². The van der Waals surface area contributed by atoms with Gasteiger partial charge in [-0.1, -0.05) is 18.2 Å². The number of piperidine rings is 1. The molecule has 5 nitrogen and oxygen atoms in total. The summed E-state index contributed by atoms with van der Waals surface area (Å²) in [6.45, 7) is 5.97. The second-order valence-electron chi connectivity index (χ2n) is 8.16. The second-order valence-corrected chi connectivity index (χ2v) is 8.87. The maximum absolute atomic E-state index is 13.2. The minimum atomic E-state index is -4.42. The molecular formula is C24H25F3N4OS. The lowest BCUT2D eigenvalue weighted by molar-refractivity contribution is -0.138. The highest BCUT2D eigenvalue weighted by Gasteiger charge is 2.33. The number of hydrogen-bond donors (Lipinski definition) is 0. The maximum Gasteiger partial charge on any atom is 0.416 e. The minimum Gasteiger partial charge on any atom is -0.430 e. The Bertz CT molecular complexity index is 1140. The molecule has 3 aromatic rings. The van der Waals surface area contributed by atoms with Crippen molar-refractivity contribution in [1.82, 2.24) is 14.3 Å². The standard InChI is InChI=1S/C24H25F3N4OS/c1-16-13-21(17(2)12-20(16)28-15-31-10-6-3-7-11-31)32-23-29-22(30-33-23)14-18-8-4-5-9-19(18)24(25,26)27/h4-5,8-9,12-13,15H,3,6-7,10-11,14H2,1-2H3. The lowest BCUT2D eigenvalue weighted by Gasteiger charge is -2.23. The van der Waals surface area contributed by atoms with Crippen LogP contribution in [-0.4, -0.2) is 33.7 Å². The SMILES string of the molecule is Cc1cc(Oc2nc(Cc3ccccc3C(F)(F)F)ns2)c(C)cc1N=CN1CCCCC1. The van der Waals surface area contributed by atoms with E-state index in [1.54, 1.807) is 6.07 Å². The molecule has 1 fully saturated rings. The van der Waals surface area contributed by atoms with Crippen molar-refractivity contribution in [1.29, 1.82) is 0 Å². The van der Waals surface area contributed by atoms with Crippen LogP contribution >= 0.6 is 11.5 Å². The van der Waals surface area contributed by atoms with E-state index < -0.39 is 11.7 Å².